The molecule has 35 heavy (non-hydrogen) atoms. The van der Waals surface area contributed by atoms with Crippen molar-refractivity contribution in [3.05, 3.63) is 102 Å². The van der Waals surface area contributed by atoms with E-state index in [1.165, 1.54) is 30.5 Å². The van der Waals surface area contributed by atoms with Gasteiger partial charge in [0.1, 0.15) is 23.1 Å². The summed E-state index contributed by atoms with van der Waals surface area (Å²) in [5.74, 6) is -2.74. The Morgan fingerprint density at radius 1 is 0.971 bits per heavy atom. The SMILES string of the molecule is Cc1ncc(-c2cnc3[nH]cc(C(=O)c4c(F)ccc(NSc5cccc(F)c5)c4F)c3c2)cn1. The fourth-order valence-electron chi connectivity index (χ4n) is 3.51. The second-order valence-corrected chi connectivity index (χ2v) is 8.50. The lowest BCUT2D eigenvalue weighted by molar-refractivity contribution is 0.103. The number of carbonyl (C=O) groups excluding carboxylic acids is 1. The lowest BCUT2D eigenvalue weighted by atomic mass is 10.0. The van der Waals surface area contributed by atoms with Crippen LogP contribution in [0.4, 0.5) is 18.9 Å². The van der Waals surface area contributed by atoms with Crippen LogP contribution in [0.15, 0.2) is 72.1 Å². The van der Waals surface area contributed by atoms with Gasteiger partial charge in [-0.15, -0.1) is 0 Å². The molecular weight excluding hydrogens is 475 g/mol. The number of nitrogens with one attached hydrogen (secondary N) is 2. The molecule has 0 fully saturated rings. The minimum absolute atomic E-state index is 0.0649. The molecule has 3 aromatic heterocycles. The molecule has 0 spiro atoms. The number of rotatable bonds is 6. The Labute approximate surface area is 201 Å². The molecule has 2 aromatic carbocycles. The maximum absolute atomic E-state index is 15.3. The summed E-state index contributed by atoms with van der Waals surface area (Å²) in [6.45, 7) is 1.76. The van der Waals surface area contributed by atoms with Crippen molar-refractivity contribution >= 4 is 34.5 Å². The number of benzene rings is 2. The van der Waals surface area contributed by atoms with Gasteiger partial charge in [0.25, 0.3) is 0 Å². The predicted molar refractivity (Wildman–Crippen MR) is 128 cm³/mol. The van der Waals surface area contributed by atoms with E-state index in [9.17, 15) is 13.6 Å². The molecule has 0 saturated carbocycles. The van der Waals surface area contributed by atoms with Crippen molar-refractivity contribution in [3.63, 3.8) is 0 Å². The summed E-state index contributed by atoms with van der Waals surface area (Å²) in [5.41, 5.74) is 0.966. The standard InChI is InChI=1S/C25H16F3N5OS/c1-13-29-10-15(11-30-13)14-7-18-19(12-32-25(18)31-9-14)24(34)22-20(27)5-6-21(23(22)28)33-35-17-4-2-3-16(26)8-17/h2-12,33H,1H3,(H,31,32). The van der Waals surface area contributed by atoms with Crippen molar-refractivity contribution < 1.29 is 18.0 Å². The third-order valence-electron chi connectivity index (χ3n) is 5.28. The van der Waals surface area contributed by atoms with E-state index < -0.39 is 28.8 Å². The topological polar surface area (TPSA) is 83.6 Å². The van der Waals surface area contributed by atoms with Crippen LogP contribution >= 0.6 is 11.9 Å². The van der Waals surface area contributed by atoms with Crippen molar-refractivity contribution in [1.29, 1.82) is 0 Å². The summed E-state index contributed by atoms with van der Waals surface area (Å²) in [7, 11) is 0. The lowest BCUT2D eigenvalue weighted by Gasteiger charge is -2.11. The molecule has 0 amide bonds. The van der Waals surface area contributed by atoms with E-state index in [-0.39, 0.29) is 11.3 Å². The van der Waals surface area contributed by atoms with Crippen LogP contribution in [0, 0.1) is 24.4 Å². The van der Waals surface area contributed by atoms with Crippen LogP contribution in [-0.2, 0) is 0 Å². The molecule has 5 aromatic rings. The van der Waals surface area contributed by atoms with E-state index in [0.29, 0.717) is 32.9 Å². The Morgan fingerprint density at radius 2 is 1.74 bits per heavy atom. The van der Waals surface area contributed by atoms with Crippen LogP contribution in [0.25, 0.3) is 22.2 Å². The van der Waals surface area contributed by atoms with Crippen molar-refractivity contribution in [2.24, 2.45) is 0 Å². The average molecular weight is 491 g/mol. The number of carbonyl (C=O) groups is 1. The fraction of sp³-hybridized carbons (Fsp3) is 0.0400. The van der Waals surface area contributed by atoms with Gasteiger partial charge < -0.3 is 9.71 Å². The fourth-order valence-corrected chi connectivity index (χ4v) is 4.21. The van der Waals surface area contributed by atoms with E-state index in [4.69, 9.17) is 0 Å². The third-order valence-corrected chi connectivity index (χ3v) is 6.09. The number of H-pyrrole nitrogens is 1. The molecule has 0 bridgehead atoms. The Kier molecular flexibility index (Phi) is 5.96. The van der Waals surface area contributed by atoms with Crippen LogP contribution in [0.5, 0.6) is 0 Å². The maximum atomic E-state index is 15.3. The Morgan fingerprint density at radius 3 is 2.51 bits per heavy atom. The first-order chi connectivity index (χ1) is 16.9. The highest BCUT2D eigenvalue weighted by Gasteiger charge is 2.25. The highest BCUT2D eigenvalue weighted by molar-refractivity contribution is 8.00. The molecule has 10 heteroatoms. The zero-order valence-corrected chi connectivity index (χ0v) is 19.0. The number of nitrogens with zero attached hydrogens (tertiary/aromatic N) is 3. The number of anilines is 1. The quantitative estimate of drug-likeness (QED) is 0.221. The zero-order valence-electron chi connectivity index (χ0n) is 18.1. The van der Waals surface area contributed by atoms with E-state index in [2.05, 4.69) is 24.7 Å². The number of ketones is 1. The molecule has 0 unspecified atom stereocenters. The number of fused-ring (bicyclic) bond motifs is 1. The molecule has 0 aliphatic heterocycles. The first kappa shape index (κ1) is 22.6. The van der Waals surface area contributed by atoms with Crippen molar-refractivity contribution in [2.75, 3.05) is 4.72 Å². The van der Waals surface area contributed by atoms with Gasteiger partial charge in [-0.2, -0.15) is 0 Å². The number of hydrogen-bond acceptors (Lipinski definition) is 6. The van der Waals surface area contributed by atoms with Gasteiger partial charge in [-0.05, 0) is 55.3 Å². The molecule has 6 nitrogen and oxygen atoms in total. The van der Waals surface area contributed by atoms with Gasteiger partial charge >= 0.3 is 0 Å². The van der Waals surface area contributed by atoms with E-state index in [1.54, 1.807) is 37.6 Å². The highest BCUT2D eigenvalue weighted by Crippen LogP contribution is 2.31. The van der Waals surface area contributed by atoms with Gasteiger partial charge in [-0.25, -0.2) is 28.1 Å². The molecule has 0 saturated heterocycles. The van der Waals surface area contributed by atoms with Gasteiger partial charge in [-0.3, -0.25) is 4.79 Å². The number of aromatic nitrogens is 4. The second-order valence-electron chi connectivity index (χ2n) is 7.62. The average Bonchev–Trinajstić information content (AvgIpc) is 3.27. The molecule has 0 aliphatic carbocycles. The summed E-state index contributed by atoms with van der Waals surface area (Å²) >= 11 is 0.937. The molecule has 2 N–H and O–H groups in total. The Bertz CT molecular complexity index is 1570. The third kappa shape index (κ3) is 4.47. The van der Waals surface area contributed by atoms with Gasteiger partial charge in [-0.1, -0.05) is 6.07 Å². The number of aromatic amines is 1. The van der Waals surface area contributed by atoms with E-state index in [0.717, 1.165) is 18.0 Å². The molecule has 3 heterocycles. The number of pyridine rings is 1. The van der Waals surface area contributed by atoms with Crippen LogP contribution in [-0.4, -0.2) is 25.7 Å². The summed E-state index contributed by atoms with van der Waals surface area (Å²) in [4.78, 5) is 29.3. The van der Waals surface area contributed by atoms with Gasteiger partial charge in [0.05, 0.1) is 11.3 Å². The molecule has 5 rings (SSSR count). The zero-order chi connectivity index (χ0) is 24.5. The molecular formula is C25H16F3N5OS. The Balaban J connectivity index is 1.50. The first-order valence-corrected chi connectivity index (χ1v) is 11.2. The summed E-state index contributed by atoms with van der Waals surface area (Å²) in [5, 5.41) is 0.402. The summed E-state index contributed by atoms with van der Waals surface area (Å²) in [6.07, 6.45) is 6.22. The number of aryl methyl sites for hydroxylation is 1. The van der Waals surface area contributed by atoms with Gasteiger partial charge in [0.2, 0.25) is 5.78 Å². The monoisotopic (exact) mass is 491 g/mol. The summed E-state index contributed by atoms with van der Waals surface area (Å²) < 4.78 is 46.1. The molecule has 0 aliphatic rings. The lowest BCUT2D eigenvalue weighted by Crippen LogP contribution is -2.09. The van der Waals surface area contributed by atoms with Crippen LogP contribution < -0.4 is 4.72 Å². The second kappa shape index (κ2) is 9.22. The van der Waals surface area contributed by atoms with Crippen LogP contribution in [0.1, 0.15) is 21.7 Å². The minimum Gasteiger partial charge on any atom is -0.345 e. The number of hydrogen-bond donors (Lipinski definition) is 2. The number of halogens is 3. The van der Waals surface area contributed by atoms with Crippen LogP contribution in [0.3, 0.4) is 0 Å². The Hall–Kier alpha value is -4.18. The predicted octanol–water partition coefficient (Wildman–Crippen LogP) is 6.10. The summed E-state index contributed by atoms with van der Waals surface area (Å²) in [6, 6.07) is 9.57. The minimum atomic E-state index is -1.05. The smallest absolute Gasteiger partial charge is 0.201 e. The van der Waals surface area contributed by atoms with Gasteiger partial charge in [0, 0.05) is 51.8 Å². The normalized spacial score (nSPS) is 11.1. The first-order valence-electron chi connectivity index (χ1n) is 10.4. The van der Waals surface area contributed by atoms with Crippen molar-refractivity contribution in [1.82, 2.24) is 19.9 Å². The van der Waals surface area contributed by atoms with Crippen LogP contribution in [0.2, 0.25) is 0 Å². The van der Waals surface area contributed by atoms with E-state index >= 15 is 4.39 Å². The van der Waals surface area contributed by atoms with E-state index in [1.807, 2.05) is 0 Å². The molecule has 0 radical (unpaired) electrons. The maximum Gasteiger partial charge on any atom is 0.201 e. The highest BCUT2D eigenvalue weighted by atomic mass is 32.2. The largest absolute Gasteiger partial charge is 0.345 e. The molecule has 174 valence electrons. The molecule has 0 atom stereocenters. The van der Waals surface area contributed by atoms with Gasteiger partial charge in [0.15, 0.2) is 5.82 Å². The van der Waals surface area contributed by atoms with Crippen molar-refractivity contribution in [3.8, 4) is 11.1 Å². The van der Waals surface area contributed by atoms with Crippen molar-refractivity contribution in [2.45, 2.75) is 11.8 Å².